The highest BCUT2D eigenvalue weighted by Crippen LogP contribution is 2.38. The van der Waals surface area contributed by atoms with Crippen LogP contribution >= 0.6 is 0 Å². The van der Waals surface area contributed by atoms with E-state index < -0.39 is 15.5 Å². The van der Waals surface area contributed by atoms with Gasteiger partial charge in [0, 0.05) is 12.1 Å². The third-order valence-electron chi connectivity index (χ3n) is 3.53. The quantitative estimate of drug-likeness (QED) is 0.805. The molecule has 5 heteroatoms. The van der Waals surface area contributed by atoms with Crippen molar-refractivity contribution in [2.75, 3.05) is 11.4 Å². The van der Waals surface area contributed by atoms with Crippen LogP contribution in [-0.4, -0.2) is 27.2 Å². The fraction of sp³-hybridized carbons (Fsp3) is 0.467. The lowest BCUT2D eigenvalue weighted by Crippen LogP contribution is -2.52. The normalized spacial score (nSPS) is 20.7. The Labute approximate surface area is 121 Å². The average Bonchev–Trinajstić information content (AvgIpc) is 2.41. The zero-order chi connectivity index (χ0) is 15.1. The molecular weight excluding hydrogens is 274 g/mol. The molecular formula is C15H19NO3S. The number of carbonyl (C=O) groups is 2. The summed E-state index contributed by atoms with van der Waals surface area (Å²) in [6.45, 7) is 7.44. The number of hydrogen-bond acceptors (Lipinski definition) is 3. The predicted molar refractivity (Wildman–Crippen MR) is 79.6 cm³/mol. The van der Waals surface area contributed by atoms with E-state index in [1.807, 2.05) is 6.92 Å². The lowest BCUT2D eigenvalue weighted by Gasteiger charge is -2.37. The van der Waals surface area contributed by atoms with Crippen LogP contribution in [0.3, 0.4) is 0 Å². The molecule has 1 heterocycles. The average molecular weight is 293 g/mol. The monoisotopic (exact) mass is 293 g/mol. The second-order valence-corrected chi connectivity index (χ2v) is 7.47. The van der Waals surface area contributed by atoms with Crippen LogP contribution in [0.25, 0.3) is 0 Å². The summed E-state index contributed by atoms with van der Waals surface area (Å²) in [5.41, 5.74) is 1.15. The first-order valence-electron chi connectivity index (χ1n) is 6.69. The highest BCUT2D eigenvalue weighted by atomic mass is 32.2. The van der Waals surface area contributed by atoms with Gasteiger partial charge in [-0.2, -0.15) is 0 Å². The van der Waals surface area contributed by atoms with Crippen molar-refractivity contribution in [3.8, 4) is 0 Å². The predicted octanol–water partition coefficient (Wildman–Crippen LogP) is 2.53. The third-order valence-corrected chi connectivity index (χ3v) is 5.37. The molecule has 0 saturated carbocycles. The van der Waals surface area contributed by atoms with E-state index in [1.165, 1.54) is 6.92 Å². The Morgan fingerprint density at radius 3 is 2.55 bits per heavy atom. The zero-order valence-corrected chi connectivity index (χ0v) is 13.0. The molecule has 1 atom stereocenters. The summed E-state index contributed by atoms with van der Waals surface area (Å²) in [6, 6.07) is 5.06. The van der Waals surface area contributed by atoms with Gasteiger partial charge in [-0.05, 0) is 39.3 Å². The number of rotatable bonds is 3. The van der Waals surface area contributed by atoms with Crippen LogP contribution in [0.15, 0.2) is 23.1 Å². The van der Waals surface area contributed by atoms with Gasteiger partial charge < -0.3 is 4.90 Å². The van der Waals surface area contributed by atoms with E-state index in [9.17, 15) is 13.8 Å². The number of nitrogens with zero attached hydrogens (tertiary/aromatic N) is 1. The van der Waals surface area contributed by atoms with Crippen molar-refractivity contribution in [3.05, 3.63) is 23.8 Å². The van der Waals surface area contributed by atoms with E-state index in [4.69, 9.17) is 0 Å². The largest absolute Gasteiger partial charge is 0.310 e. The van der Waals surface area contributed by atoms with Crippen LogP contribution in [0.4, 0.5) is 5.69 Å². The zero-order valence-electron chi connectivity index (χ0n) is 12.2. The summed E-state index contributed by atoms with van der Waals surface area (Å²) in [5, 5.41) is 0. The van der Waals surface area contributed by atoms with Gasteiger partial charge in [0.1, 0.15) is 4.75 Å². The van der Waals surface area contributed by atoms with E-state index in [0.717, 1.165) is 6.42 Å². The second-order valence-electron chi connectivity index (χ2n) is 5.47. The Kier molecular flexibility index (Phi) is 3.82. The standard InChI is InChI=1S/C15H19NO3S/c1-5-8-16-12-9-11(10(2)17)6-7-13(12)20(19)15(3,4)14(16)18/h6-7,9H,5,8H2,1-4H3. The SMILES string of the molecule is CCCN1C(=O)C(C)(C)S(=O)c2ccc(C(C)=O)cc21. The number of amides is 1. The molecule has 2 rings (SSSR count). The molecule has 1 aliphatic heterocycles. The van der Waals surface area contributed by atoms with Gasteiger partial charge in [0.25, 0.3) is 0 Å². The van der Waals surface area contributed by atoms with Crippen LogP contribution in [0.1, 0.15) is 44.5 Å². The molecule has 0 saturated heterocycles. The summed E-state index contributed by atoms with van der Waals surface area (Å²) >= 11 is 0. The molecule has 0 spiro atoms. The van der Waals surface area contributed by atoms with E-state index in [2.05, 4.69) is 0 Å². The molecule has 1 aliphatic rings. The summed E-state index contributed by atoms with van der Waals surface area (Å²) in [4.78, 5) is 26.3. The minimum absolute atomic E-state index is 0.0627. The van der Waals surface area contributed by atoms with Crippen LogP contribution in [0, 0.1) is 0 Å². The van der Waals surface area contributed by atoms with E-state index >= 15 is 0 Å². The van der Waals surface area contributed by atoms with Crippen molar-refractivity contribution in [1.82, 2.24) is 0 Å². The summed E-state index contributed by atoms with van der Waals surface area (Å²) in [7, 11) is -1.40. The lowest BCUT2D eigenvalue weighted by molar-refractivity contribution is -0.120. The molecule has 1 aromatic carbocycles. The van der Waals surface area contributed by atoms with Gasteiger partial charge in [-0.3, -0.25) is 13.8 Å². The number of Topliss-reactive ketones (excluding diaryl/α,β-unsaturated/α-hetero) is 1. The Hall–Kier alpha value is -1.49. The Morgan fingerprint density at radius 1 is 1.35 bits per heavy atom. The minimum Gasteiger partial charge on any atom is -0.310 e. The highest BCUT2D eigenvalue weighted by Gasteiger charge is 2.44. The maximum Gasteiger partial charge on any atom is 0.245 e. The molecule has 1 amide bonds. The molecule has 0 aromatic heterocycles. The van der Waals surface area contributed by atoms with Crippen molar-refractivity contribution in [2.45, 2.75) is 43.8 Å². The number of carbonyl (C=O) groups excluding carboxylic acids is 2. The number of hydrogen-bond donors (Lipinski definition) is 0. The van der Waals surface area contributed by atoms with Crippen LogP contribution in [0.2, 0.25) is 0 Å². The number of fused-ring (bicyclic) bond motifs is 1. The smallest absolute Gasteiger partial charge is 0.245 e. The molecule has 0 aliphatic carbocycles. The van der Waals surface area contributed by atoms with Gasteiger partial charge in [-0.25, -0.2) is 0 Å². The molecule has 1 unspecified atom stereocenters. The van der Waals surface area contributed by atoms with Gasteiger partial charge in [0.15, 0.2) is 5.78 Å². The molecule has 1 aromatic rings. The Balaban J connectivity index is 2.65. The first-order valence-corrected chi connectivity index (χ1v) is 7.84. The van der Waals surface area contributed by atoms with Crippen molar-refractivity contribution in [3.63, 3.8) is 0 Å². The van der Waals surface area contributed by atoms with Gasteiger partial charge in [0.05, 0.1) is 21.4 Å². The molecule has 108 valence electrons. The fourth-order valence-corrected chi connectivity index (χ4v) is 3.71. The maximum atomic E-state index is 12.6. The topological polar surface area (TPSA) is 54.5 Å². The first kappa shape index (κ1) is 14.9. The number of anilines is 1. The first-order chi connectivity index (χ1) is 9.30. The minimum atomic E-state index is -1.40. The van der Waals surface area contributed by atoms with Gasteiger partial charge in [0.2, 0.25) is 5.91 Å². The molecule has 0 bridgehead atoms. The fourth-order valence-electron chi connectivity index (χ4n) is 2.34. The summed E-state index contributed by atoms with van der Waals surface area (Å²) in [5.74, 6) is -0.210. The van der Waals surface area contributed by atoms with E-state index in [1.54, 1.807) is 36.9 Å². The highest BCUT2D eigenvalue weighted by molar-refractivity contribution is 7.87. The lowest BCUT2D eigenvalue weighted by atomic mass is 10.1. The molecule has 4 nitrogen and oxygen atoms in total. The van der Waals surface area contributed by atoms with Crippen molar-refractivity contribution in [1.29, 1.82) is 0 Å². The second kappa shape index (κ2) is 5.13. The summed E-state index contributed by atoms with van der Waals surface area (Å²) < 4.78 is 11.6. The maximum absolute atomic E-state index is 12.6. The van der Waals surface area contributed by atoms with Crippen LogP contribution in [-0.2, 0) is 15.6 Å². The van der Waals surface area contributed by atoms with Gasteiger partial charge >= 0.3 is 0 Å². The van der Waals surface area contributed by atoms with Crippen molar-refractivity contribution in [2.24, 2.45) is 0 Å². The van der Waals surface area contributed by atoms with E-state index in [0.29, 0.717) is 22.7 Å². The van der Waals surface area contributed by atoms with Gasteiger partial charge in [-0.15, -0.1) is 0 Å². The van der Waals surface area contributed by atoms with Crippen molar-refractivity contribution >= 4 is 28.2 Å². The summed E-state index contributed by atoms with van der Waals surface area (Å²) in [6.07, 6.45) is 0.804. The van der Waals surface area contributed by atoms with Crippen LogP contribution < -0.4 is 4.90 Å². The Morgan fingerprint density at radius 2 is 2.00 bits per heavy atom. The molecule has 20 heavy (non-hydrogen) atoms. The molecule has 0 radical (unpaired) electrons. The number of benzene rings is 1. The molecule has 0 N–H and O–H groups in total. The third kappa shape index (κ3) is 2.20. The van der Waals surface area contributed by atoms with E-state index in [-0.39, 0.29) is 11.7 Å². The van der Waals surface area contributed by atoms with Crippen molar-refractivity contribution < 1.29 is 13.8 Å². The van der Waals surface area contributed by atoms with Gasteiger partial charge in [-0.1, -0.05) is 13.0 Å². The van der Waals surface area contributed by atoms with Crippen LogP contribution in [0.5, 0.6) is 0 Å². The number of ketones is 1. The molecule has 0 fully saturated rings. The Bertz CT molecular complexity index is 607.